The Hall–Kier alpha value is -3.09. The maximum Gasteiger partial charge on any atom is 0.317 e. The molecule has 4 rings (SSSR count). The summed E-state index contributed by atoms with van der Waals surface area (Å²) in [6.07, 6.45) is 6.83. The minimum atomic E-state index is -0.0745. The monoisotopic (exact) mass is 377 g/mol. The molecule has 1 fully saturated rings. The molecule has 2 aromatic heterocycles. The van der Waals surface area contributed by atoms with Crippen LogP contribution in [0.4, 0.5) is 0 Å². The normalized spacial score (nSPS) is 19.4. The first-order valence-corrected chi connectivity index (χ1v) is 9.57. The average molecular weight is 377 g/mol. The summed E-state index contributed by atoms with van der Waals surface area (Å²) in [6.45, 7) is 3.87. The van der Waals surface area contributed by atoms with Crippen molar-refractivity contribution >= 4 is 16.9 Å². The van der Waals surface area contributed by atoms with Crippen molar-refractivity contribution in [2.45, 2.75) is 51.7 Å². The van der Waals surface area contributed by atoms with Gasteiger partial charge in [0.15, 0.2) is 0 Å². The lowest BCUT2D eigenvalue weighted by molar-refractivity contribution is 0.0885. The molecule has 7 heteroatoms. The van der Waals surface area contributed by atoms with Crippen LogP contribution in [0.3, 0.4) is 0 Å². The minimum Gasteiger partial charge on any atom is -0.460 e. The number of hydrogen-bond acceptors (Lipinski definition) is 6. The van der Waals surface area contributed by atoms with E-state index in [4.69, 9.17) is 4.74 Å². The Balaban J connectivity index is 1.32. The number of amides is 1. The number of nitrogens with one attached hydrogen (secondary N) is 1. The molecule has 144 valence electrons. The van der Waals surface area contributed by atoms with E-state index in [1.54, 1.807) is 24.5 Å². The summed E-state index contributed by atoms with van der Waals surface area (Å²) in [7, 11) is 0. The van der Waals surface area contributed by atoms with Gasteiger partial charge in [-0.3, -0.25) is 14.8 Å². The number of rotatable bonds is 4. The third-order valence-electron chi connectivity index (χ3n) is 4.97. The molecule has 0 unspecified atom stereocenters. The van der Waals surface area contributed by atoms with Gasteiger partial charge in [-0.2, -0.15) is 0 Å². The second-order valence-corrected chi connectivity index (χ2v) is 7.26. The Morgan fingerprint density at radius 2 is 1.64 bits per heavy atom. The fraction of sp³-hybridized carbons (Fsp3) is 0.381. The zero-order chi connectivity index (χ0) is 19.5. The minimum absolute atomic E-state index is 0.0745. The van der Waals surface area contributed by atoms with Crippen LogP contribution in [0.15, 0.2) is 36.7 Å². The van der Waals surface area contributed by atoms with Crippen LogP contribution >= 0.6 is 0 Å². The number of carbonyl (C=O) groups excluding carboxylic acids is 1. The molecule has 2 heterocycles. The highest BCUT2D eigenvalue weighted by Crippen LogP contribution is 2.23. The van der Waals surface area contributed by atoms with Gasteiger partial charge in [-0.1, -0.05) is 0 Å². The fourth-order valence-corrected chi connectivity index (χ4v) is 3.59. The average Bonchev–Trinajstić information content (AvgIpc) is 2.68. The molecule has 1 amide bonds. The molecule has 3 aromatic rings. The van der Waals surface area contributed by atoms with Gasteiger partial charge in [0.05, 0.1) is 11.0 Å². The van der Waals surface area contributed by atoms with Crippen molar-refractivity contribution in [3.05, 3.63) is 53.6 Å². The first kappa shape index (κ1) is 18.3. The number of ether oxygens (including phenoxy) is 1. The number of hydrogen-bond donors (Lipinski definition) is 1. The van der Waals surface area contributed by atoms with Crippen molar-refractivity contribution in [1.29, 1.82) is 0 Å². The van der Waals surface area contributed by atoms with Gasteiger partial charge in [-0.15, -0.1) is 0 Å². The van der Waals surface area contributed by atoms with Crippen molar-refractivity contribution in [1.82, 2.24) is 25.3 Å². The molecule has 1 aliphatic carbocycles. The largest absolute Gasteiger partial charge is 0.460 e. The van der Waals surface area contributed by atoms with Gasteiger partial charge in [-0.25, -0.2) is 9.97 Å². The zero-order valence-electron chi connectivity index (χ0n) is 16.1. The summed E-state index contributed by atoms with van der Waals surface area (Å²) in [5.41, 5.74) is 3.92. The first-order valence-electron chi connectivity index (χ1n) is 9.57. The molecule has 0 spiro atoms. The van der Waals surface area contributed by atoms with E-state index in [1.165, 1.54) is 0 Å². The Bertz CT molecular complexity index is 979. The van der Waals surface area contributed by atoms with Crippen LogP contribution in [0.5, 0.6) is 6.01 Å². The summed E-state index contributed by atoms with van der Waals surface area (Å²) in [4.78, 5) is 29.8. The summed E-state index contributed by atoms with van der Waals surface area (Å²) >= 11 is 0. The maximum atomic E-state index is 12.6. The molecule has 7 nitrogen and oxygen atoms in total. The lowest BCUT2D eigenvalue weighted by Gasteiger charge is -2.29. The zero-order valence-corrected chi connectivity index (χ0v) is 16.1. The number of carbonyl (C=O) groups is 1. The van der Waals surface area contributed by atoms with Crippen LogP contribution in [-0.4, -0.2) is 38.0 Å². The van der Waals surface area contributed by atoms with Crippen LogP contribution in [0.2, 0.25) is 0 Å². The Morgan fingerprint density at radius 3 is 2.36 bits per heavy atom. The predicted octanol–water partition coefficient (Wildman–Crippen LogP) is 3.16. The highest BCUT2D eigenvalue weighted by Gasteiger charge is 2.24. The molecule has 28 heavy (non-hydrogen) atoms. The number of aryl methyl sites for hydroxylation is 2. The van der Waals surface area contributed by atoms with E-state index in [0.29, 0.717) is 11.6 Å². The molecule has 0 bridgehead atoms. The number of nitrogens with zero attached hydrogens (tertiary/aromatic N) is 4. The van der Waals surface area contributed by atoms with E-state index in [-0.39, 0.29) is 18.1 Å². The molecular weight excluding hydrogens is 354 g/mol. The van der Waals surface area contributed by atoms with Gasteiger partial charge in [0, 0.05) is 35.4 Å². The van der Waals surface area contributed by atoms with E-state index in [1.807, 2.05) is 26.0 Å². The number of benzene rings is 1. The third-order valence-corrected chi connectivity index (χ3v) is 4.97. The van der Waals surface area contributed by atoms with Crippen molar-refractivity contribution in [3.8, 4) is 6.01 Å². The quantitative estimate of drug-likeness (QED) is 0.751. The molecule has 0 atom stereocenters. The standard InChI is InChI=1S/C21H23N5O2/c1-13-11-14(2)25-21(24-13)28-17-6-4-16(5-7-17)26-20(27)15-3-8-18-19(12-15)23-10-9-22-18/h3,8-12,16-17H,4-7H2,1-2H3,(H,26,27). The lowest BCUT2D eigenvalue weighted by Crippen LogP contribution is -2.39. The molecule has 1 N–H and O–H groups in total. The highest BCUT2D eigenvalue weighted by molar-refractivity contribution is 5.97. The van der Waals surface area contributed by atoms with E-state index >= 15 is 0 Å². The smallest absolute Gasteiger partial charge is 0.317 e. The maximum absolute atomic E-state index is 12.6. The highest BCUT2D eigenvalue weighted by atomic mass is 16.5. The van der Waals surface area contributed by atoms with E-state index < -0.39 is 0 Å². The summed E-state index contributed by atoms with van der Waals surface area (Å²) in [5, 5.41) is 3.13. The topological polar surface area (TPSA) is 89.9 Å². The Labute approximate surface area is 163 Å². The van der Waals surface area contributed by atoms with Crippen molar-refractivity contribution in [3.63, 3.8) is 0 Å². The van der Waals surface area contributed by atoms with Gasteiger partial charge in [-0.05, 0) is 63.8 Å². The third kappa shape index (κ3) is 4.24. The van der Waals surface area contributed by atoms with Crippen molar-refractivity contribution < 1.29 is 9.53 Å². The van der Waals surface area contributed by atoms with Gasteiger partial charge < -0.3 is 10.1 Å². The second-order valence-electron chi connectivity index (χ2n) is 7.26. The van der Waals surface area contributed by atoms with Crippen LogP contribution in [0.1, 0.15) is 47.4 Å². The van der Waals surface area contributed by atoms with E-state index in [0.717, 1.165) is 48.1 Å². The molecule has 1 aliphatic rings. The first-order chi connectivity index (χ1) is 13.6. The van der Waals surface area contributed by atoms with Crippen molar-refractivity contribution in [2.75, 3.05) is 0 Å². The van der Waals surface area contributed by atoms with E-state index in [9.17, 15) is 4.79 Å². The molecular formula is C21H23N5O2. The second kappa shape index (κ2) is 7.88. The summed E-state index contributed by atoms with van der Waals surface area (Å²) < 4.78 is 5.95. The summed E-state index contributed by atoms with van der Waals surface area (Å²) in [6, 6.07) is 7.92. The van der Waals surface area contributed by atoms with Gasteiger partial charge in [0.2, 0.25) is 0 Å². The molecule has 0 aliphatic heterocycles. The molecule has 0 radical (unpaired) electrons. The van der Waals surface area contributed by atoms with Gasteiger partial charge in [0.25, 0.3) is 5.91 Å². The van der Waals surface area contributed by atoms with Crippen molar-refractivity contribution in [2.24, 2.45) is 0 Å². The van der Waals surface area contributed by atoms with Crippen LogP contribution in [0.25, 0.3) is 11.0 Å². The lowest BCUT2D eigenvalue weighted by atomic mass is 9.92. The van der Waals surface area contributed by atoms with Crippen LogP contribution in [-0.2, 0) is 0 Å². The molecule has 0 saturated heterocycles. The predicted molar refractivity (Wildman–Crippen MR) is 105 cm³/mol. The molecule has 1 aromatic carbocycles. The van der Waals surface area contributed by atoms with Crippen LogP contribution < -0.4 is 10.1 Å². The van der Waals surface area contributed by atoms with Gasteiger partial charge >= 0.3 is 6.01 Å². The fourth-order valence-electron chi connectivity index (χ4n) is 3.59. The number of fused-ring (bicyclic) bond motifs is 1. The Morgan fingerprint density at radius 1 is 0.964 bits per heavy atom. The van der Waals surface area contributed by atoms with E-state index in [2.05, 4.69) is 25.3 Å². The Kier molecular flexibility index (Phi) is 5.14. The number of aromatic nitrogens is 4. The van der Waals surface area contributed by atoms with Gasteiger partial charge in [0.1, 0.15) is 6.10 Å². The SMILES string of the molecule is Cc1cc(C)nc(OC2CCC(NC(=O)c3ccc4nccnc4c3)CC2)n1. The van der Waals surface area contributed by atoms with Crippen LogP contribution in [0, 0.1) is 13.8 Å². The molecule has 1 saturated carbocycles. The summed E-state index contributed by atoms with van der Waals surface area (Å²) in [5.74, 6) is -0.0745.